The first-order chi connectivity index (χ1) is 10.7. The lowest BCUT2D eigenvalue weighted by Gasteiger charge is -2.38. The Labute approximate surface area is 130 Å². The molecule has 2 nitrogen and oxygen atoms in total. The van der Waals surface area contributed by atoms with Gasteiger partial charge in [0.1, 0.15) is 0 Å². The Bertz CT molecular complexity index is 866. The summed E-state index contributed by atoms with van der Waals surface area (Å²) in [5.41, 5.74) is 10.5. The van der Waals surface area contributed by atoms with Crippen LogP contribution < -0.4 is 5.73 Å². The van der Waals surface area contributed by atoms with Gasteiger partial charge in [-0.1, -0.05) is 24.3 Å². The number of nitrogens with zero attached hydrogens (tertiary/aromatic N) is 1. The van der Waals surface area contributed by atoms with Crippen molar-refractivity contribution in [2.75, 3.05) is 0 Å². The summed E-state index contributed by atoms with van der Waals surface area (Å²) in [4.78, 5) is 0. The number of hydrogen-bond donors (Lipinski definition) is 1. The smallest absolute Gasteiger partial charge is 0.0491 e. The number of aromatic nitrogens is 1. The third-order valence-corrected chi connectivity index (χ3v) is 5.73. The molecule has 0 radical (unpaired) electrons. The van der Waals surface area contributed by atoms with E-state index in [0.29, 0.717) is 0 Å². The van der Waals surface area contributed by atoms with Crippen molar-refractivity contribution >= 4 is 21.8 Å². The van der Waals surface area contributed by atoms with E-state index in [0.717, 1.165) is 25.3 Å². The highest BCUT2D eigenvalue weighted by Crippen LogP contribution is 2.41. The molecule has 5 rings (SSSR count). The van der Waals surface area contributed by atoms with E-state index in [1.54, 1.807) is 0 Å². The monoisotopic (exact) mass is 290 g/mol. The molecule has 0 saturated heterocycles. The van der Waals surface area contributed by atoms with E-state index in [2.05, 4.69) is 47.0 Å². The lowest BCUT2D eigenvalue weighted by atomic mass is 9.72. The molecule has 2 saturated carbocycles. The first-order valence-corrected chi connectivity index (χ1v) is 8.55. The summed E-state index contributed by atoms with van der Waals surface area (Å²) in [5.74, 6) is 0.881. The van der Waals surface area contributed by atoms with Crippen molar-refractivity contribution in [3.05, 3.63) is 48.0 Å². The van der Waals surface area contributed by atoms with Crippen LogP contribution in [0.15, 0.2) is 42.5 Å². The molecule has 2 aromatic carbocycles. The molecule has 0 unspecified atom stereocenters. The lowest BCUT2D eigenvalue weighted by molar-refractivity contribution is 0.254. The summed E-state index contributed by atoms with van der Waals surface area (Å²) in [6.45, 7) is 1.16. The number of fused-ring (bicyclic) bond motifs is 3. The largest absolute Gasteiger partial charge is 0.340 e. The first-order valence-electron chi connectivity index (χ1n) is 8.55. The molecular formula is C20H22N2. The van der Waals surface area contributed by atoms with Gasteiger partial charge in [0.25, 0.3) is 0 Å². The molecule has 0 spiro atoms. The predicted molar refractivity (Wildman–Crippen MR) is 91.9 cm³/mol. The van der Waals surface area contributed by atoms with Crippen LogP contribution >= 0.6 is 0 Å². The number of nitrogens with two attached hydrogens (primary N) is 1. The van der Waals surface area contributed by atoms with Crippen molar-refractivity contribution in [1.82, 2.24) is 4.57 Å². The summed E-state index contributed by atoms with van der Waals surface area (Å²) in [7, 11) is 0. The molecule has 1 aromatic heterocycles. The molecule has 22 heavy (non-hydrogen) atoms. The zero-order valence-electron chi connectivity index (χ0n) is 12.9. The number of para-hydroxylation sites is 1. The molecule has 2 N–H and O–H groups in total. The van der Waals surface area contributed by atoms with Gasteiger partial charge in [-0.15, -0.1) is 0 Å². The third-order valence-electron chi connectivity index (χ3n) is 5.73. The quantitative estimate of drug-likeness (QED) is 0.754. The van der Waals surface area contributed by atoms with Crippen molar-refractivity contribution in [3.8, 4) is 0 Å². The Morgan fingerprint density at radius 2 is 1.77 bits per heavy atom. The highest BCUT2D eigenvalue weighted by Gasteiger charge is 2.34. The van der Waals surface area contributed by atoms with Crippen molar-refractivity contribution in [2.45, 2.75) is 44.2 Å². The first kappa shape index (κ1) is 12.7. The molecule has 0 bridgehead atoms. The van der Waals surface area contributed by atoms with Crippen LogP contribution in [0.4, 0.5) is 0 Å². The molecule has 2 fully saturated rings. The third kappa shape index (κ3) is 1.77. The van der Waals surface area contributed by atoms with E-state index in [1.165, 1.54) is 46.6 Å². The van der Waals surface area contributed by atoms with Gasteiger partial charge >= 0.3 is 0 Å². The molecule has 0 atom stereocenters. The van der Waals surface area contributed by atoms with E-state index in [-0.39, 0.29) is 5.54 Å². The maximum Gasteiger partial charge on any atom is 0.0491 e. The fraction of sp³-hybridized carbons (Fsp3) is 0.400. The van der Waals surface area contributed by atoms with Gasteiger partial charge < -0.3 is 10.3 Å². The summed E-state index contributed by atoms with van der Waals surface area (Å²) < 4.78 is 2.52. The van der Waals surface area contributed by atoms with E-state index in [9.17, 15) is 0 Å². The lowest BCUT2D eigenvalue weighted by Crippen LogP contribution is -2.43. The fourth-order valence-corrected chi connectivity index (χ4v) is 3.97. The van der Waals surface area contributed by atoms with Gasteiger partial charge in [-0.2, -0.15) is 0 Å². The van der Waals surface area contributed by atoms with Crippen LogP contribution in [0.1, 0.15) is 37.7 Å². The Balaban J connectivity index is 1.76. The molecule has 2 heteroatoms. The normalized spacial score (nSPS) is 20.4. The zero-order chi connectivity index (χ0) is 14.7. The molecule has 0 amide bonds. The molecule has 2 aliphatic rings. The van der Waals surface area contributed by atoms with Crippen LogP contribution in [-0.4, -0.2) is 4.57 Å². The molecule has 2 aliphatic carbocycles. The van der Waals surface area contributed by atoms with Gasteiger partial charge in [-0.05, 0) is 61.8 Å². The van der Waals surface area contributed by atoms with Crippen LogP contribution in [0.5, 0.6) is 0 Å². The van der Waals surface area contributed by atoms with Gasteiger partial charge in [0.2, 0.25) is 0 Å². The van der Waals surface area contributed by atoms with E-state index in [1.807, 2.05) is 0 Å². The SMILES string of the molecule is NC1(c2ccc3c(c2)c2ccccc2n3CC2CC2)CCC1. The molecular weight excluding hydrogens is 268 g/mol. The Hall–Kier alpha value is -1.80. The highest BCUT2D eigenvalue weighted by molar-refractivity contribution is 6.08. The van der Waals surface area contributed by atoms with E-state index >= 15 is 0 Å². The van der Waals surface area contributed by atoms with Crippen LogP contribution in [-0.2, 0) is 12.1 Å². The Kier molecular flexibility index (Phi) is 2.52. The minimum atomic E-state index is -0.0755. The van der Waals surface area contributed by atoms with Crippen LogP contribution in [0.25, 0.3) is 21.8 Å². The average molecular weight is 290 g/mol. The van der Waals surface area contributed by atoms with Gasteiger partial charge in [0.15, 0.2) is 0 Å². The average Bonchev–Trinajstić information content (AvgIpc) is 3.29. The summed E-state index contributed by atoms with van der Waals surface area (Å²) in [6.07, 6.45) is 6.28. The van der Waals surface area contributed by atoms with Gasteiger partial charge in [-0.25, -0.2) is 0 Å². The maximum absolute atomic E-state index is 6.55. The highest BCUT2D eigenvalue weighted by atomic mass is 15.0. The Morgan fingerprint density at radius 3 is 2.50 bits per heavy atom. The second-order valence-corrected chi connectivity index (χ2v) is 7.31. The van der Waals surface area contributed by atoms with Gasteiger partial charge in [0.05, 0.1) is 0 Å². The van der Waals surface area contributed by atoms with Crippen LogP contribution in [0.3, 0.4) is 0 Å². The minimum absolute atomic E-state index is 0.0755. The second-order valence-electron chi connectivity index (χ2n) is 7.31. The van der Waals surface area contributed by atoms with E-state index < -0.39 is 0 Å². The van der Waals surface area contributed by atoms with Gasteiger partial charge in [0, 0.05) is 33.9 Å². The second kappa shape index (κ2) is 4.36. The standard InChI is InChI=1S/C20H22N2/c21-20(10-3-11-20)15-8-9-19-17(12-15)16-4-1-2-5-18(16)22(19)13-14-6-7-14/h1-2,4-5,8-9,12,14H,3,6-7,10-11,13,21H2. The number of hydrogen-bond acceptors (Lipinski definition) is 1. The summed E-state index contributed by atoms with van der Waals surface area (Å²) >= 11 is 0. The summed E-state index contributed by atoms with van der Waals surface area (Å²) in [5, 5.41) is 2.76. The minimum Gasteiger partial charge on any atom is -0.340 e. The Morgan fingerprint density at radius 1 is 1.00 bits per heavy atom. The molecule has 3 aromatic rings. The predicted octanol–water partition coefficient (Wildman–Crippen LogP) is 4.54. The summed E-state index contributed by atoms with van der Waals surface area (Å²) in [6, 6.07) is 15.8. The van der Waals surface area contributed by atoms with Crippen molar-refractivity contribution in [2.24, 2.45) is 11.7 Å². The number of benzene rings is 2. The van der Waals surface area contributed by atoms with Crippen LogP contribution in [0.2, 0.25) is 0 Å². The molecule has 0 aliphatic heterocycles. The maximum atomic E-state index is 6.55. The fourth-order valence-electron chi connectivity index (χ4n) is 3.97. The van der Waals surface area contributed by atoms with Gasteiger partial charge in [-0.3, -0.25) is 0 Å². The van der Waals surface area contributed by atoms with Crippen molar-refractivity contribution < 1.29 is 0 Å². The van der Waals surface area contributed by atoms with Crippen molar-refractivity contribution in [3.63, 3.8) is 0 Å². The number of rotatable bonds is 3. The zero-order valence-corrected chi connectivity index (χ0v) is 12.9. The molecule has 1 heterocycles. The topological polar surface area (TPSA) is 30.9 Å². The van der Waals surface area contributed by atoms with E-state index in [4.69, 9.17) is 5.73 Å². The van der Waals surface area contributed by atoms with Crippen LogP contribution in [0, 0.1) is 5.92 Å². The molecule has 112 valence electrons. The van der Waals surface area contributed by atoms with Crippen molar-refractivity contribution in [1.29, 1.82) is 0 Å².